The van der Waals surface area contributed by atoms with Crippen molar-refractivity contribution in [2.24, 2.45) is 0 Å². The van der Waals surface area contributed by atoms with Crippen LogP contribution in [0.1, 0.15) is 37.3 Å². The van der Waals surface area contributed by atoms with Crippen LogP contribution in [0.25, 0.3) is 0 Å². The number of hydrogen-bond donors (Lipinski definition) is 3. The van der Waals surface area contributed by atoms with E-state index in [4.69, 9.17) is 10.7 Å². The fourth-order valence-electron chi connectivity index (χ4n) is 3.37. The van der Waals surface area contributed by atoms with Crippen molar-refractivity contribution in [2.45, 2.75) is 37.5 Å². The van der Waals surface area contributed by atoms with Crippen molar-refractivity contribution in [2.75, 3.05) is 13.1 Å². The molecule has 3 rings (SSSR count). The van der Waals surface area contributed by atoms with Crippen molar-refractivity contribution in [3.05, 3.63) is 46.5 Å². The molecule has 0 saturated heterocycles. The van der Waals surface area contributed by atoms with Gasteiger partial charge in [-0.1, -0.05) is 12.1 Å². The van der Waals surface area contributed by atoms with E-state index in [0.29, 0.717) is 42.5 Å². The van der Waals surface area contributed by atoms with Gasteiger partial charge in [0.05, 0.1) is 16.4 Å². The molecule has 1 aliphatic heterocycles. The van der Waals surface area contributed by atoms with Gasteiger partial charge in [0.2, 0.25) is 5.91 Å². The Hall–Kier alpha value is -2.99. The van der Waals surface area contributed by atoms with Crippen LogP contribution in [-0.4, -0.2) is 48.7 Å². The molecule has 2 amide bonds. The number of carbonyl (C=O) groups excluding carboxylic acids is 2. The molecule has 2 aliphatic rings. The van der Waals surface area contributed by atoms with E-state index in [0.717, 1.165) is 5.56 Å². The van der Waals surface area contributed by atoms with Crippen molar-refractivity contribution in [3.8, 4) is 6.07 Å². The van der Waals surface area contributed by atoms with Crippen LogP contribution in [0.2, 0.25) is 0 Å². The molecule has 1 aliphatic carbocycles. The molecule has 1 saturated carbocycles. The number of carbonyl (C=O) groups is 2. The molecule has 152 valence electrons. The Bertz CT molecular complexity index is 1010. The number of nitrogens with zero attached hydrogens (tertiary/aromatic N) is 2. The van der Waals surface area contributed by atoms with E-state index in [2.05, 4.69) is 5.32 Å². The minimum Gasteiger partial charge on any atom is -0.347 e. The fraction of sp³-hybridized carbons (Fsp3) is 0.400. The molecule has 0 unspecified atom stereocenters. The van der Waals surface area contributed by atoms with Gasteiger partial charge in [-0.25, -0.2) is 8.42 Å². The van der Waals surface area contributed by atoms with Crippen LogP contribution in [0.4, 0.5) is 0 Å². The lowest BCUT2D eigenvalue weighted by molar-refractivity contribution is -0.127. The van der Waals surface area contributed by atoms with Crippen LogP contribution >= 0.6 is 0 Å². The minimum atomic E-state index is -2.59. The van der Waals surface area contributed by atoms with E-state index in [9.17, 15) is 18.0 Å². The standard InChI is InChI=1S/C20H22N4O4S/c1-13-16(6-9-24(19(13)26)12-20(7-8-20)29(27)28)17(22)18(25)23-11-15-4-2-14(10-21)3-5-15/h2-5,22,29H,6-9,11-12H2,1H3,(H,23,25). The number of hydrogen-bond acceptors (Lipinski definition) is 6. The molecular formula is C20H22N4O4S. The summed E-state index contributed by atoms with van der Waals surface area (Å²) < 4.78 is 22.0. The van der Waals surface area contributed by atoms with Gasteiger partial charge in [0.25, 0.3) is 5.91 Å². The average molecular weight is 414 g/mol. The van der Waals surface area contributed by atoms with Gasteiger partial charge < -0.3 is 10.2 Å². The lowest BCUT2D eigenvalue weighted by Crippen LogP contribution is -2.44. The molecule has 0 bridgehead atoms. The Kier molecular flexibility index (Phi) is 5.84. The van der Waals surface area contributed by atoms with Crippen molar-refractivity contribution in [1.29, 1.82) is 10.7 Å². The highest BCUT2D eigenvalue weighted by molar-refractivity contribution is 7.74. The third-order valence-electron chi connectivity index (χ3n) is 5.46. The Balaban J connectivity index is 1.63. The first-order chi connectivity index (χ1) is 13.8. The Morgan fingerprint density at radius 2 is 1.97 bits per heavy atom. The summed E-state index contributed by atoms with van der Waals surface area (Å²) in [5.74, 6) is -0.898. The smallest absolute Gasteiger partial charge is 0.269 e. The first kappa shape index (κ1) is 20.7. The highest BCUT2D eigenvalue weighted by atomic mass is 32.2. The zero-order chi connectivity index (χ0) is 21.2. The van der Waals surface area contributed by atoms with Crippen LogP contribution in [0, 0.1) is 16.7 Å². The fourth-order valence-corrected chi connectivity index (χ4v) is 4.13. The molecule has 1 fully saturated rings. The maximum absolute atomic E-state index is 12.6. The SMILES string of the molecule is CC1=C(C(=N)C(=O)NCc2ccc(C#N)cc2)CCN(CC2([SH](=O)=O)CC2)C1=O. The number of benzene rings is 1. The monoisotopic (exact) mass is 414 g/mol. The second-order valence-electron chi connectivity index (χ2n) is 7.43. The first-order valence-electron chi connectivity index (χ1n) is 9.27. The molecule has 8 nitrogen and oxygen atoms in total. The van der Waals surface area contributed by atoms with Gasteiger partial charge in [-0.15, -0.1) is 0 Å². The highest BCUT2D eigenvalue weighted by Crippen LogP contribution is 2.40. The maximum atomic E-state index is 12.6. The van der Waals surface area contributed by atoms with Crippen molar-refractivity contribution in [1.82, 2.24) is 10.2 Å². The average Bonchev–Trinajstić information content (AvgIpc) is 3.50. The molecule has 1 heterocycles. The van der Waals surface area contributed by atoms with Crippen molar-refractivity contribution >= 4 is 28.2 Å². The molecule has 0 radical (unpaired) electrons. The Morgan fingerprint density at radius 1 is 1.31 bits per heavy atom. The summed E-state index contributed by atoms with van der Waals surface area (Å²) >= 11 is 0. The molecular weight excluding hydrogens is 392 g/mol. The summed E-state index contributed by atoms with van der Waals surface area (Å²) in [4.78, 5) is 26.5. The minimum absolute atomic E-state index is 0.174. The van der Waals surface area contributed by atoms with E-state index in [1.54, 1.807) is 31.2 Å². The summed E-state index contributed by atoms with van der Waals surface area (Å²) in [6.45, 7) is 2.25. The van der Waals surface area contributed by atoms with Crippen LogP contribution in [0.15, 0.2) is 35.4 Å². The molecule has 29 heavy (non-hydrogen) atoms. The molecule has 0 atom stereocenters. The van der Waals surface area contributed by atoms with Gasteiger partial charge in [-0.3, -0.25) is 15.0 Å². The van der Waals surface area contributed by atoms with Crippen molar-refractivity contribution in [3.63, 3.8) is 0 Å². The molecule has 9 heteroatoms. The van der Waals surface area contributed by atoms with Crippen LogP contribution in [0.5, 0.6) is 0 Å². The molecule has 1 aromatic rings. The van der Waals surface area contributed by atoms with Gasteiger partial charge >= 0.3 is 0 Å². The van der Waals surface area contributed by atoms with E-state index in [-0.39, 0.29) is 24.7 Å². The predicted octanol–water partition coefficient (Wildman–Crippen LogP) is 0.887. The number of thiol groups is 1. The number of amides is 2. The largest absolute Gasteiger partial charge is 0.347 e. The van der Waals surface area contributed by atoms with Gasteiger partial charge in [0.15, 0.2) is 0 Å². The summed E-state index contributed by atoms with van der Waals surface area (Å²) in [7, 11) is -2.59. The maximum Gasteiger partial charge on any atom is 0.269 e. The van der Waals surface area contributed by atoms with Crippen LogP contribution in [-0.2, 0) is 26.8 Å². The van der Waals surface area contributed by atoms with E-state index in [1.165, 1.54) is 4.90 Å². The Labute approximate surface area is 170 Å². The highest BCUT2D eigenvalue weighted by Gasteiger charge is 2.49. The van der Waals surface area contributed by atoms with Gasteiger partial charge in [0.1, 0.15) is 16.4 Å². The summed E-state index contributed by atoms with van der Waals surface area (Å²) in [6, 6.07) is 8.77. The van der Waals surface area contributed by atoms with Crippen LogP contribution < -0.4 is 5.32 Å². The zero-order valence-corrected chi connectivity index (χ0v) is 16.9. The normalized spacial score (nSPS) is 17.8. The topological polar surface area (TPSA) is 131 Å². The summed E-state index contributed by atoms with van der Waals surface area (Å²) in [5, 5.41) is 19.7. The van der Waals surface area contributed by atoms with Crippen molar-refractivity contribution < 1.29 is 18.0 Å². The quantitative estimate of drug-likeness (QED) is 0.450. The molecule has 1 aromatic carbocycles. The van der Waals surface area contributed by atoms with Crippen LogP contribution in [0.3, 0.4) is 0 Å². The molecule has 0 aromatic heterocycles. The third kappa shape index (κ3) is 4.38. The second kappa shape index (κ2) is 8.17. The lowest BCUT2D eigenvalue weighted by atomic mass is 9.95. The zero-order valence-electron chi connectivity index (χ0n) is 16.0. The molecule has 0 spiro atoms. The van der Waals surface area contributed by atoms with Gasteiger partial charge in [0, 0.05) is 25.2 Å². The number of nitrogens with one attached hydrogen (secondary N) is 2. The lowest BCUT2D eigenvalue weighted by Gasteiger charge is -2.31. The Morgan fingerprint density at radius 3 is 2.52 bits per heavy atom. The predicted molar refractivity (Wildman–Crippen MR) is 107 cm³/mol. The first-order valence-corrected chi connectivity index (χ1v) is 10.4. The summed E-state index contributed by atoms with van der Waals surface area (Å²) in [5.41, 5.74) is 1.77. The second-order valence-corrected chi connectivity index (χ2v) is 8.89. The third-order valence-corrected chi connectivity index (χ3v) is 6.82. The number of rotatable bonds is 7. The molecule has 2 N–H and O–H groups in total. The van der Waals surface area contributed by atoms with Gasteiger partial charge in [-0.2, -0.15) is 5.26 Å². The van der Waals surface area contributed by atoms with Gasteiger partial charge in [-0.05, 0) is 49.5 Å². The van der Waals surface area contributed by atoms with E-state index < -0.39 is 21.4 Å². The number of nitriles is 1. The van der Waals surface area contributed by atoms with E-state index in [1.807, 2.05) is 6.07 Å². The summed E-state index contributed by atoms with van der Waals surface area (Å²) in [6.07, 6.45) is 1.48. The van der Waals surface area contributed by atoms with E-state index >= 15 is 0 Å².